The topological polar surface area (TPSA) is 28.2 Å². The highest BCUT2D eigenvalue weighted by Crippen LogP contribution is 2.09. The molecule has 0 amide bonds. The summed E-state index contributed by atoms with van der Waals surface area (Å²) in [6, 6.07) is 4.13. The lowest BCUT2D eigenvalue weighted by Crippen LogP contribution is -2.23. The summed E-state index contributed by atoms with van der Waals surface area (Å²) < 4.78 is 0. The van der Waals surface area contributed by atoms with Gasteiger partial charge in [0.2, 0.25) is 0 Å². The number of anilines is 1. The van der Waals surface area contributed by atoms with Gasteiger partial charge in [0.25, 0.3) is 0 Å². The smallest absolute Gasteiger partial charge is 0.0564 e. The van der Waals surface area contributed by atoms with Crippen LogP contribution in [0.4, 0.5) is 5.69 Å². The Labute approximate surface area is 98.9 Å². The van der Waals surface area contributed by atoms with E-state index in [4.69, 9.17) is 0 Å². The van der Waals surface area contributed by atoms with Gasteiger partial charge in [-0.3, -0.25) is 4.98 Å². The van der Waals surface area contributed by atoms with Crippen LogP contribution in [0.2, 0.25) is 0 Å². The quantitative estimate of drug-likeness (QED) is 0.800. The average Bonchev–Trinajstić information content (AvgIpc) is 2.17. The lowest BCUT2D eigenvalue weighted by Gasteiger charge is -2.18. The third-order valence-corrected chi connectivity index (χ3v) is 2.31. The molecule has 0 aliphatic rings. The molecule has 0 saturated heterocycles. The van der Waals surface area contributed by atoms with Crippen molar-refractivity contribution in [2.45, 2.75) is 27.3 Å². The Morgan fingerprint density at radius 2 is 2.19 bits per heavy atom. The molecule has 1 N–H and O–H groups in total. The number of pyridine rings is 1. The van der Waals surface area contributed by atoms with Gasteiger partial charge in [-0.25, -0.2) is 0 Å². The van der Waals surface area contributed by atoms with E-state index in [1.807, 2.05) is 12.3 Å². The van der Waals surface area contributed by atoms with Crippen LogP contribution in [-0.4, -0.2) is 30.0 Å². The molecule has 0 unspecified atom stereocenters. The van der Waals surface area contributed by atoms with E-state index in [2.05, 4.69) is 49.1 Å². The SMILES string of the molecule is CCNc1ccnc(CN(C)CC(C)C)c1. The minimum Gasteiger partial charge on any atom is -0.385 e. The van der Waals surface area contributed by atoms with Crippen LogP contribution in [0.3, 0.4) is 0 Å². The third kappa shape index (κ3) is 4.62. The number of nitrogens with zero attached hydrogens (tertiary/aromatic N) is 2. The largest absolute Gasteiger partial charge is 0.385 e. The van der Waals surface area contributed by atoms with Crippen LogP contribution in [0.15, 0.2) is 18.3 Å². The van der Waals surface area contributed by atoms with E-state index in [0.717, 1.165) is 31.0 Å². The highest BCUT2D eigenvalue weighted by molar-refractivity contribution is 5.42. The first kappa shape index (κ1) is 13.0. The van der Waals surface area contributed by atoms with Crippen LogP contribution in [0.1, 0.15) is 26.5 Å². The van der Waals surface area contributed by atoms with E-state index in [-0.39, 0.29) is 0 Å². The normalized spacial score (nSPS) is 11.1. The van der Waals surface area contributed by atoms with E-state index in [1.165, 1.54) is 0 Å². The van der Waals surface area contributed by atoms with E-state index in [9.17, 15) is 0 Å². The zero-order chi connectivity index (χ0) is 12.0. The zero-order valence-electron chi connectivity index (χ0n) is 10.8. The number of nitrogens with one attached hydrogen (secondary N) is 1. The molecule has 0 aliphatic carbocycles. The van der Waals surface area contributed by atoms with E-state index >= 15 is 0 Å². The Hall–Kier alpha value is -1.09. The average molecular weight is 221 g/mol. The molecule has 3 nitrogen and oxygen atoms in total. The van der Waals surface area contributed by atoms with Gasteiger partial charge in [0.05, 0.1) is 5.69 Å². The van der Waals surface area contributed by atoms with E-state index < -0.39 is 0 Å². The third-order valence-electron chi connectivity index (χ3n) is 2.31. The van der Waals surface area contributed by atoms with Crippen molar-refractivity contribution in [3.63, 3.8) is 0 Å². The molecule has 0 atom stereocenters. The fourth-order valence-electron chi connectivity index (χ4n) is 1.84. The summed E-state index contributed by atoms with van der Waals surface area (Å²) in [5.41, 5.74) is 2.28. The summed E-state index contributed by atoms with van der Waals surface area (Å²) in [7, 11) is 2.14. The molecule has 1 heterocycles. The molecule has 3 heteroatoms. The Morgan fingerprint density at radius 3 is 2.81 bits per heavy atom. The second kappa shape index (κ2) is 6.48. The Balaban J connectivity index is 2.55. The van der Waals surface area contributed by atoms with E-state index in [1.54, 1.807) is 0 Å². The molecule has 0 radical (unpaired) electrons. The van der Waals surface area contributed by atoms with Crippen molar-refractivity contribution in [1.29, 1.82) is 0 Å². The van der Waals surface area contributed by atoms with Gasteiger partial charge < -0.3 is 10.2 Å². The van der Waals surface area contributed by atoms with Gasteiger partial charge in [0.15, 0.2) is 0 Å². The van der Waals surface area contributed by atoms with Crippen LogP contribution in [0.25, 0.3) is 0 Å². The lowest BCUT2D eigenvalue weighted by atomic mass is 10.2. The van der Waals surface area contributed by atoms with Crippen LogP contribution >= 0.6 is 0 Å². The van der Waals surface area contributed by atoms with Crippen LogP contribution < -0.4 is 5.32 Å². The van der Waals surface area contributed by atoms with Crippen molar-refractivity contribution in [2.75, 3.05) is 25.5 Å². The lowest BCUT2D eigenvalue weighted by molar-refractivity contribution is 0.285. The Kier molecular flexibility index (Phi) is 5.26. The van der Waals surface area contributed by atoms with Crippen LogP contribution in [0.5, 0.6) is 0 Å². The summed E-state index contributed by atoms with van der Waals surface area (Å²) in [4.78, 5) is 6.70. The number of hydrogen-bond donors (Lipinski definition) is 1. The fourth-order valence-corrected chi connectivity index (χ4v) is 1.84. The van der Waals surface area contributed by atoms with Gasteiger partial charge >= 0.3 is 0 Å². The van der Waals surface area contributed by atoms with Gasteiger partial charge in [-0.2, -0.15) is 0 Å². The van der Waals surface area contributed by atoms with Crippen molar-refractivity contribution in [1.82, 2.24) is 9.88 Å². The van der Waals surface area contributed by atoms with Gasteiger partial charge in [0.1, 0.15) is 0 Å². The summed E-state index contributed by atoms with van der Waals surface area (Å²) in [5, 5.41) is 3.30. The summed E-state index contributed by atoms with van der Waals surface area (Å²) >= 11 is 0. The van der Waals surface area contributed by atoms with Gasteiger partial charge in [-0.15, -0.1) is 0 Å². The molecule has 0 bridgehead atoms. The van der Waals surface area contributed by atoms with Crippen molar-refractivity contribution >= 4 is 5.69 Å². The maximum atomic E-state index is 4.39. The standard InChI is InChI=1S/C13H23N3/c1-5-14-12-6-7-15-13(8-12)10-16(4)9-11(2)3/h6-8,11H,5,9-10H2,1-4H3,(H,14,15). The highest BCUT2D eigenvalue weighted by Gasteiger charge is 2.04. The molecule has 0 saturated carbocycles. The van der Waals surface area contributed by atoms with Gasteiger partial charge in [-0.1, -0.05) is 13.8 Å². The minimum atomic E-state index is 0.696. The molecule has 90 valence electrons. The van der Waals surface area contributed by atoms with Crippen molar-refractivity contribution in [3.8, 4) is 0 Å². The van der Waals surface area contributed by atoms with Crippen LogP contribution in [-0.2, 0) is 6.54 Å². The van der Waals surface area contributed by atoms with Crippen molar-refractivity contribution < 1.29 is 0 Å². The Morgan fingerprint density at radius 1 is 1.44 bits per heavy atom. The first-order chi connectivity index (χ1) is 7.61. The first-order valence-corrected chi connectivity index (χ1v) is 5.99. The fraction of sp³-hybridized carbons (Fsp3) is 0.615. The number of aromatic nitrogens is 1. The summed E-state index contributed by atoms with van der Waals surface area (Å²) in [5.74, 6) is 0.696. The second-order valence-electron chi connectivity index (χ2n) is 4.66. The van der Waals surface area contributed by atoms with Crippen LogP contribution in [0, 0.1) is 5.92 Å². The molecule has 1 aromatic rings. The molecule has 1 rings (SSSR count). The molecule has 0 fully saturated rings. The number of rotatable bonds is 6. The predicted molar refractivity (Wildman–Crippen MR) is 69.6 cm³/mol. The first-order valence-electron chi connectivity index (χ1n) is 5.99. The van der Waals surface area contributed by atoms with Crippen molar-refractivity contribution in [3.05, 3.63) is 24.0 Å². The molecule has 1 aromatic heterocycles. The highest BCUT2D eigenvalue weighted by atomic mass is 15.1. The Bertz CT molecular complexity index is 310. The minimum absolute atomic E-state index is 0.696. The predicted octanol–water partition coefficient (Wildman–Crippen LogP) is 2.60. The molecule has 16 heavy (non-hydrogen) atoms. The molecular weight excluding hydrogens is 198 g/mol. The maximum Gasteiger partial charge on any atom is 0.0564 e. The van der Waals surface area contributed by atoms with Crippen molar-refractivity contribution in [2.24, 2.45) is 5.92 Å². The maximum absolute atomic E-state index is 4.39. The molecule has 0 spiro atoms. The molecule has 0 aromatic carbocycles. The summed E-state index contributed by atoms with van der Waals surface area (Å²) in [6.07, 6.45) is 1.87. The zero-order valence-corrected chi connectivity index (χ0v) is 10.8. The second-order valence-corrected chi connectivity index (χ2v) is 4.66. The number of hydrogen-bond acceptors (Lipinski definition) is 3. The van der Waals surface area contributed by atoms with Gasteiger partial charge in [-0.05, 0) is 32.0 Å². The molecule has 0 aliphatic heterocycles. The molecular formula is C13H23N3. The summed E-state index contributed by atoms with van der Waals surface area (Å²) in [6.45, 7) is 9.54. The monoisotopic (exact) mass is 221 g/mol. The van der Waals surface area contributed by atoms with Gasteiger partial charge in [0, 0.05) is 31.5 Å². The van der Waals surface area contributed by atoms with E-state index in [0.29, 0.717) is 5.92 Å².